The van der Waals surface area contributed by atoms with Crippen LogP contribution in [-0.4, -0.2) is 23.2 Å². The van der Waals surface area contributed by atoms with E-state index < -0.39 is 5.41 Å². The van der Waals surface area contributed by atoms with Crippen LogP contribution in [0.1, 0.15) is 27.0 Å². The third-order valence-corrected chi connectivity index (χ3v) is 4.78. The average molecular weight is 353 g/mol. The number of ketones is 1. The van der Waals surface area contributed by atoms with Crippen LogP contribution < -0.4 is 0 Å². The van der Waals surface area contributed by atoms with Gasteiger partial charge in [-0.25, -0.2) is 0 Å². The molecule has 132 valence electrons. The fourth-order valence-corrected chi connectivity index (χ4v) is 3.51. The summed E-state index contributed by atoms with van der Waals surface area (Å²) in [5, 5.41) is 8.03. The number of pyridine rings is 1. The lowest BCUT2D eigenvalue weighted by Gasteiger charge is -2.23. The molecule has 0 bridgehead atoms. The maximum absolute atomic E-state index is 13.6. The Bertz CT molecular complexity index is 1040. The van der Waals surface area contributed by atoms with Crippen molar-refractivity contribution in [3.8, 4) is 11.1 Å². The molecule has 1 aliphatic rings. The lowest BCUT2D eigenvalue weighted by molar-refractivity contribution is 0.0965. The van der Waals surface area contributed by atoms with E-state index in [-0.39, 0.29) is 5.78 Å². The number of benzene rings is 2. The predicted octanol–water partition coefficient (Wildman–Crippen LogP) is 4.56. The summed E-state index contributed by atoms with van der Waals surface area (Å²) < 4.78 is 0. The van der Waals surface area contributed by atoms with Gasteiger partial charge < -0.3 is 0 Å². The topological polar surface area (TPSA) is 54.7 Å². The Morgan fingerprint density at radius 3 is 2.22 bits per heavy atom. The highest BCUT2D eigenvalue weighted by Gasteiger charge is 2.40. The number of carbonyl (C=O) groups is 1. The number of aryl methyl sites for hydroxylation is 2. The molecule has 0 spiro atoms. The molecule has 0 saturated carbocycles. The van der Waals surface area contributed by atoms with Crippen LogP contribution in [0.15, 0.2) is 77.2 Å². The van der Waals surface area contributed by atoms with E-state index in [1.807, 2.05) is 62.4 Å². The molecule has 0 saturated heterocycles. The third kappa shape index (κ3) is 3.10. The Balaban J connectivity index is 1.81. The largest absolute Gasteiger partial charge is 0.292 e. The summed E-state index contributed by atoms with van der Waals surface area (Å²) in [6.45, 7) is 4.06. The van der Waals surface area contributed by atoms with Crippen molar-refractivity contribution in [3.63, 3.8) is 0 Å². The molecule has 0 amide bonds. The number of aromatic nitrogens is 1. The highest BCUT2D eigenvalue weighted by atomic mass is 16.1. The second-order valence-electron chi connectivity index (χ2n) is 6.89. The molecular formula is C23H19N3O. The van der Waals surface area contributed by atoms with Gasteiger partial charge in [0.25, 0.3) is 0 Å². The van der Waals surface area contributed by atoms with E-state index >= 15 is 0 Å². The molecule has 1 aromatic heterocycles. The quantitative estimate of drug-likeness (QED) is 0.646. The first-order chi connectivity index (χ1) is 13.1. The van der Waals surface area contributed by atoms with Crippen LogP contribution in [0.5, 0.6) is 0 Å². The van der Waals surface area contributed by atoms with Crippen molar-refractivity contribution in [1.29, 1.82) is 0 Å². The number of hydrogen-bond donors (Lipinski definition) is 0. The molecule has 1 aliphatic heterocycles. The number of nitrogens with zero attached hydrogens (tertiary/aromatic N) is 3. The summed E-state index contributed by atoms with van der Waals surface area (Å²) in [6, 6.07) is 17.6. The summed E-state index contributed by atoms with van der Waals surface area (Å²) in [4.78, 5) is 17.7. The van der Waals surface area contributed by atoms with E-state index in [9.17, 15) is 4.79 Å². The molecule has 0 unspecified atom stereocenters. The molecule has 0 aliphatic carbocycles. The summed E-state index contributed by atoms with van der Waals surface area (Å²) in [7, 11) is 0. The van der Waals surface area contributed by atoms with Crippen molar-refractivity contribution in [1.82, 2.24) is 4.98 Å². The predicted molar refractivity (Wildman–Crippen MR) is 109 cm³/mol. The Kier molecular flexibility index (Phi) is 4.24. The van der Waals surface area contributed by atoms with Gasteiger partial charge in [0.2, 0.25) is 0 Å². The van der Waals surface area contributed by atoms with Crippen molar-refractivity contribution >= 4 is 18.2 Å². The first-order valence-corrected chi connectivity index (χ1v) is 8.81. The Hall–Kier alpha value is -3.40. The van der Waals surface area contributed by atoms with Gasteiger partial charge in [-0.1, -0.05) is 53.6 Å². The highest BCUT2D eigenvalue weighted by Crippen LogP contribution is 2.31. The van der Waals surface area contributed by atoms with Crippen molar-refractivity contribution in [2.75, 3.05) is 0 Å². The minimum atomic E-state index is -0.968. The number of carbonyl (C=O) groups excluding carboxylic acids is 1. The first-order valence-electron chi connectivity index (χ1n) is 8.81. The van der Waals surface area contributed by atoms with Crippen LogP contribution in [-0.2, 0) is 5.41 Å². The molecule has 2 heterocycles. The van der Waals surface area contributed by atoms with E-state index in [1.54, 1.807) is 24.8 Å². The third-order valence-electron chi connectivity index (χ3n) is 4.78. The fraction of sp³-hybridized carbons (Fsp3) is 0.130. The average Bonchev–Trinajstić information content (AvgIpc) is 3.19. The van der Waals surface area contributed by atoms with Gasteiger partial charge in [-0.3, -0.25) is 9.78 Å². The lowest BCUT2D eigenvalue weighted by atomic mass is 9.75. The zero-order chi connectivity index (χ0) is 18.9. The minimum Gasteiger partial charge on any atom is -0.292 e. The van der Waals surface area contributed by atoms with E-state index in [2.05, 4.69) is 21.3 Å². The van der Waals surface area contributed by atoms with Gasteiger partial charge in [0.05, 0.1) is 12.4 Å². The molecule has 2 aromatic carbocycles. The van der Waals surface area contributed by atoms with Gasteiger partial charge in [0.15, 0.2) is 5.78 Å². The van der Waals surface area contributed by atoms with Crippen LogP contribution >= 0.6 is 0 Å². The number of rotatable bonds is 4. The summed E-state index contributed by atoms with van der Waals surface area (Å²) in [6.07, 6.45) is 6.81. The summed E-state index contributed by atoms with van der Waals surface area (Å²) in [5.74, 6) is -0.0387. The van der Waals surface area contributed by atoms with Gasteiger partial charge in [-0.15, -0.1) is 0 Å². The second kappa shape index (κ2) is 6.72. The van der Waals surface area contributed by atoms with E-state index in [0.717, 1.165) is 27.8 Å². The highest BCUT2D eigenvalue weighted by molar-refractivity contribution is 6.27. The van der Waals surface area contributed by atoms with Gasteiger partial charge in [-0.2, -0.15) is 10.2 Å². The Morgan fingerprint density at radius 1 is 0.852 bits per heavy atom. The van der Waals surface area contributed by atoms with Gasteiger partial charge >= 0.3 is 0 Å². The molecule has 0 atom stereocenters. The molecular weight excluding hydrogens is 334 g/mol. The molecule has 4 rings (SSSR count). The fourth-order valence-electron chi connectivity index (χ4n) is 3.51. The molecule has 4 nitrogen and oxygen atoms in total. The van der Waals surface area contributed by atoms with Gasteiger partial charge in [-0.05, 0) is 37.1 Å². The van der Waals surface area contributed by atoms with Crippen LogP contribution in [0.4, 0.5) is 0 Å². The number of Topliss-reactive ketones (excluding diaryl/α,β-unsaturated/α-hetero) is 1. The first kappa shape index (κ1) is 17.0. The molecule has 3 aromatic rings. The number of hydrogen-bond acceptors (Lipinski definition) is 4. The lowest BCUT2D eigenvalue weighted by Crippen LogP contribution is -2.38. The molecule has 27 heavy (non-hydrogen) atoms. The van der Waals surface area contributed by atoms with Crippen LogP contribution in [0, 0.1) is 13.8 Å². The summed E-state index contributed by atoms with van der Waals surface area (Å²) >= 11 is 0. The van der Waals surface area contributed by atoms with Crippen LogP contribution in [0.2, 0.25) is 0 Å². The molecule has 0 N–H and O–H groups in total. The molecule has 0 fully saturated rings. The Morgan fingerprint density at radius 2 is 1.56 bits per heavy atom. The van der Waals surface area contributed by atoms with Crippen molar-refractivity contribution in [3.05, 3.63) is 89.2 Å². The van der Waals surface area contributed by atoms with Crippen molar-refractivity contribution < 1.29 is 4.79 Å². The normalized spacial score (nSPS) is 14.4. The second-order valence-corrected chi connectivity index (χ2v) is 6.89. The zero-order valence-electron chi connectivity index (χ0n) is 15.3. The SMILES string of the molecule is Cc1cc(C)cc(C2(C(=O)c3cccc(-c4cccnc4)c3)C=NN=C2)c1. The van der Waals surface area contributed by atoms with Crippen LogP contribution in [0.3, 0.4) is 0 Å². The van der Waals surface area contributed by atoms with E-state index in [1.165, 1.54) is 0 Å². The summed E-state index contributed by atoms with van der Waals surface area (Å²) in [5.41, 5.74) is 4.68. The maximum atomic E-state index is 13.6. The van der Waals surface area contributed by atoms with E-state index in [4.69, 9.17) is 0 Å². The van der Waals surface area contributed by atoms with E-state index in [0.29, 0.717) is 5.56 Å². The zero-order valence-corrected chi connectivity index (χ0v) is 15.3. The Labute approximate surface area is 158 Å². The maximum Gasteiger partial charge on any atom is 0.184 e. The molecule has 4 heteroatoms. The molecule has 0 radical (unpaired) electrons. The van der Waals surface area contributed by atoms with Gasteiger partial charge in [0.1, 0.15) is 5.41 Å². The standard InChI is InChI=1S/C23H19N3O/c1-16-9-17(2)11-21(10-16)23(14-25-26-15-23)22(27)19-6-3-5-18(12-19)20-7-4-8-24-13-20/h3-15H,1-2H3. The van der Waals surface area contributed by atoms with Crippen molar-refractivity contribution in [2.24, 2.45) is 10.2 Å². The minimum absolute atomic E-state index is 0.0387. The van der Waals surface area contributed by atoms with Crippen molar-refractivity contribution in [2.45, 2.75) is 19.3 Å². The smallest absolute Gasteiger partial charge is 0.184 e. The van der Waals surface area contributed by atoms with Gasteiger partial charge in [0, 0.05) is 23.5 Å². The monoisotopic (exact) mass is 353 g/mol. The van der Waals surface area contributed by atoms with Crippen LogP contribution in [0.25, 0.3) is 11.1 Å².